The number of hydrogen-bond donors (Lipinski definition) is 3. The summed E-state index contributed by atoms with van der Waals surface area (Å²) in [5, 5.41) is 9.32. The molecule has 0 radical (unpaired) electrons. The van der Waals surface area contributed by atoms with Gasteiger partial charge in [0, 0.05) is 25.2 Å². The lowest BCUT2D eigenvalue weighted by Gasteiger charge is -2.22. The molecule has 2 aromatic rings. The lowest BCUT2D eigenvalue weighted by atomic mass is 10.1. The highest BCUT2D eigenvalue weighted by atomic mass is 16.5. The summed E-state index contributed by atoms with van der Waals surface area (Å²) in [6, 6.07) is 12.0. The van der Waals surface area contributed by atoms with E-state index in [1.165, 1.54) is 0 Å². The number of pyridine rings is 1. The van der Waals surface area contributed by atoms with Crippen LogP contribution in [-0.2, 0) is 24.3 Å². The van der Waals surface area contributed by atoms with E-state index in [9.17, 15) is 4.79 Å². The van der Waals surface area contributed by atoms with Crippen LogP contribution in [0.3, 0.4) is 0 Å². The number of carbonyl (C=O) groups excluding carboxylic acids is 1. The fourth-order valence-electron chi connectivity index (χ4n) is 3.82. The maximum Gasteiger partial charge on any atom is 0.319 e. The summed E-state index contributed by atoms with van der Waals surface area (Å²) in [4.78, 5) is 16.9. The van der Waals surface area contributed by atoms with Crippen molar-refractivity contribution in [3.8, 4) is 0 Å². The van der Waals surface area contributed by atoms with Crippen molar-refractivity contribution in [2.75, 3.05) is 11.9 Å². The van der Waals surface area contributed by atoms with Crippen LogP contribution < -0.4 is 16.0 Å². The first-order valence-electron chi connectivity index (χ1n) is 9.69. The van der Waals surface area contributed by atoms with Gasteiger partial charge < -0.3 is 20.7 Å². The Kier molecular flexibility index (Phi) is 5.65. The van der Waals surface area contributed by atoms with Gasteiger partial charge in [0.15, 0.2) is 0 Å². The van der Waals surface area contributed by atoms with E-state index in [2.05, 4.69) is 33.1 Å². The van der Waals surface area contributed by atoms with Gasteiger partial charge >= 0.3 is 6.03 Å². The van der Waals surface area contributed by atoms with Crippen molar-refractivity contribution >= 4 is 11.7 Å². The summed E-state index contributed by atoms with van der Waals surface area (Å²) in [7, 11) is 0. The molecule has 1 fully saturated rings. The second kappa shape index (κ2) is 8.50. The molecular formula is C21H26N4O2. The quantitative estimate of drug-likeness (QED) is 0.760. The fraction of sp³-hybridized carbons (Fsp3) is 0.429. The number of benzene rings is 1. The van der Waals surface area contributed by atoms with Crippen molar-refractivity contribution in [3.05, 3.63) is 59.4 Å². The molecule has 1 saturated carbocycles. The fourth-order valence-corrected chi connectivity index (χ4v) is 3.82. The van der Waals surface area contributed by atoms with Crippen LogP contribution in [0.5, 0.6) is 0 Å². The number of ether oxygens (including phenoxy) is 1. The lowest BCUT2D eigenvalue weighted by molar-refractivity contribution is 0.0305. The van der Waals surface area contributed by atoms with Gasteiger partial charge in [-0.05, 0) is 36.5 Å². The van der Waals surface area contributed by atoms with Crippen LogP contribution in [0, 0.1) is 0 Å². The number of nitrogens with one attached hydrogen (secondary N) is 3. The highest BCUT2D eigenvalue weighted by molar-refractivity contribution is 5.89. The minimum Gasteiger partial charge on any atom is -0.371 e. The van der Waals surface area contributed by atoms with Crippen LogP contribution in [0.25, 0.3) is 0 Å². The number of hydrogen-bond acceptors (Lipinski definition) is 4. The predicted molar refractivity (Wildman–Crippen MR) is 104 cm³/mol. The van der Waals surface area contributed by atoms with Crippen molar-refractivity contribution in [2.45, 2.75) is 51.0 Å². The first-order valence-corrected chi connectivity index (χ1v) is 9.69. The molecule has 2 amide bonds. The summed E-state index contributed by atoms with van der Waals surface area (Å²) < 4.78 is 6.06. The number of aromatic nitrogens is 1. The topological polar surface area (TPSA) is 75.3 Å². The van der Waals surface area contributed by atoms with E-state index in [1.54, 1.807) is 6.20 Å². The maximum atomic E-state index is 12.4. The molecule has 3 N–H and O–H groups in total. The van der Waals surface area contributed by atoms with Gasteiger partial charge in [-0.1, -0.05) is 30.3 Å². The van der Waals surface area contributed by atoms with Crippen molar-refractivity contribution in [2.24, 2.45) is 0 Å². The third kappa shape index (κ3) is 4.64. The molecule has 0 spiro atoms. The second-order valence-corrected chi connectivity index (χ2v) is 7.23. The molecule has 4 rings (SSSR count). The Labute approximate surface area is 159 Å². The average molecular weight is 366 g/mol. The average Bonchev–Trinajstić information content (AvgIpc) is 3.14. The van der Waals surface area contributed by atoms with Crippen molar-refractivity contribution in [3.63, 3.8) is 0 Å². The second-order valence-electron chi connectivity index (χ2n) is 7.23. The molecule has 0 bridgehead atoms. The van der Waals surface area contributed by atoms with E-state index in [1.807, 2.05) is 24.3 Å². The first-order chi connectivity index (χ1) is 13.3. The number of nitrogens with zero attached hydrogens (tertiary/aromatic N) is 1. The van der Waals surface area contributed by atoms with Crippen LogP contribution in [0.2, 0.25) is 0 Å². The summed E-state index contributed by atoms with van der Waals surface area (Å²) in [5.74, 6) is 0. The molecule has 6 nitrogen and oxygen atoms in total. The van der Waals surface area contributed by atoms with Crippen LogP contribution in [0.15, 0.2) is 42.6 Å². The highest BCUT2D eigenvalue weighted by Crippen LogP contribution is 2.23. The lowest BCUT2D eigenvalue weighted by Crippen LogP contribution is -2.43. The standard InChI is InChI=1S/C21H26N4O2/c26-21(24-17-11-16-12-22-10-9-18(16)23-13-17)25-19-7-4-8-20(19)27-14-15-5-2-1-3-6-15/h1-3,5-6,11,13,19-20,22H,4,7-10,12,14H2,(H2,24,25,26)/t19-,20-/m1/s1. The summed E-state index contributed by atoms with van der Waals surface area (Å²) in [5.41, 5.74) is 4.16. The minimum atomic E-state index is -0.194. The third-order valence-corrected chi connectivity index (χ3v) is 5.25. The molecule has 142 valence electrons. The van der Waals surface area contributed by atoms with Crippen molar-refractivity contribution in [1.82, 2.24) is 15.6 Å². The predicted octanol–water partition coefficient (Wildman–Crippen LogP) is 2.99. The number of rotatable bonds is 5. The largest absolute Gasteiger partial charge is 0.371 e. The molecule has 2 atom stereocenters. The van der Waals surface area contributed by atoms with Gasteiger partial charge in [0.1, 0.15) is 0 Å². The van der Waals surface area contributed by atoms with Gasteiger partial charge in [0.25, 0.3) is 0 Å². The maximum absolute atomic E-state index is 12.4. The Morgan fingerprint density at radius 3 is 3.04 bits per heavy atom. The van der Waals surface area contributed by atoms with Gasteiger partial charge in [-0.2, -0.15) is 0 Å². The summed E-state index contributed by atoms with van der Waals surface area (Å²) >= 11 is 0. The van der Waals surface area contributed by atoms with Crippen LogP contribution in [-0.4, -0.2) is 29.7 Å². The zero-order valence-electron chi connectivity index (χ0n) is 15.4. The van der Waals surface area contributed by atoms with E-state index in [0.717, 1.165) is 61.3 Å². The number of urea groups is 1. The van der Waals surface area contributed by atoms with Gasteiger partial charge in [0.2, 0.25) is 0 Å². The van der Waals surface area contributed by atoms with E-state index < -0.39 is 0 Å². The Hall–Kier alpha value is -2.44. The van der Waals surface area contributed by atoms with Crippen LogP contribution in [0.4, 0.5) is 10.5 Å². The van der Waals surface area contributed by atoms with E-state index >= 15 is 0 Å². The molecule has 1 aliphatic carbocycles. The van der Waals surface area contributed by atoms with Crippen LogP contribution >= 0.6 is 0 Å². The molecule has 6 heteroatoms. The van der Waals surface area contributed by atoms with Gasteiger partial charge in [0.05, 0.1) is 30.6 Å². The van der Waals surface area contributed by atoms with Gasteiger partial charge in [-0.3, -0.25) is 4.98 Å². The SMILES string of the molecule is O=C(Nc1cnc2c(c1)CNCC2)N[C@@H]1CCC[C@H]1OCc1ccccc1. The van der Waals surface area contributed by atoms with E-state index in [-0.39, 0.29) is 18.2 Å². The van der Waals surface area contributed by atoms with Crippen LogP contribution in [0.1, 0.15) is 36.1 Å². The number of carbonyl (C=O) groups is 1. The number of amides is 2. The molecule has 2 heterocycles. The molecule has 27 heavy (non-hydrogen) atoms. The van der Waals surface area contributed by atoms with Crippen molar-refractivity contribution < 1.29 is 9.53 Å². The van der Waals surface area contributed by atoms with Gasteiger partial charge in [-0.25, -0.2) is 4.79 Å². The molecule has 1 aromatic carbocycles. The number of anilines is 1. The minimum absolute atomic E-state index is 0.0426. The van der Waals surface area contributed by atoms with E-state index in [0.29, 0.717) is 6.61 Å². The van der Waals surface area contributed by atoms with Crippen molar-refractivity contribution in [1.29, 1.82) is 0 Å². The van der Waals surface area contributed by atoms with E-state index in [4.69, 9.17) is 4.74 Å². The smallest absolute Gasteiger partial charge is 0.319 e. The Balaban J connectivity index is 1.30. The normalized spacial score (nSPS) is 21.5. The molecule has 0 saturated heterocycles. The summed E-state index contributed by atoms with van der Waals surface area (Å²) in [6.07, 6.45) is 5.72. The van der Waals surface area contributed by atoms with Gasteiger partial charge in [-0.15, -0.1) is 0 Å². The Morgan fingerprint density at radius 2 is 2.15 bits per heavy atom. The zero-order chi connectivity index (χ0) is 18.5. The molecular weight excluding hydrogens is 340 g/mol. The molecule has 0 unspecified atom stereocenters. The first kappa shape index (κ1) is 17.9. The Morgan fingerprint density at radius 1 is 1.26 bits per heavy atom. The Bertz CT molecular complexity index is 781. The molecule has 1 aromatic heterocycles. The zero-order valence-corrected chi connectivity index (χ0v) is 15.4. The highest BCUT2D eigenvalue weighted by Gasteiger charge is 2.29. The summed E-state index contributed by atoms with van der Waals surface area (Å²) in [6.45, 7) is 2.34. The molecule has 2 aliphatic rings. The monoisotopic (exact) mass is 366 g/mol. The molecule has 1 aliphatic heterocycles. The third-order valence-electron chi connectivity index (χ3n) is 5.25. The number of fused-ring (bicyclic) bond motifs is 1.